The van der Waals surface area contributed by atoms with Crippen LogP contribution in [0, 0.1) is 6.92 Å². The molecule has 3 N–H and O–H groups in total. The van der Waals surface area contributed by atoms with Gasteiger partial charge >= 0.3 is 0 Å². The quantitative estimate of drug-likeness (QED) is 0.708. The van der Waals surface area contributed by atoms with Gasteiger partial charge in [0.25, 0.3) is 5.91 Å². The molecule has 0 heterocycles. The predicted molar refractivity (Wildman–Crippen MR) is 107 cm³/mol. The molecule has 0 aliphatic carbocycles. The zero-order valence-electron chi connectivity index (χ0n) is 15.2. The summed E-state index contributed by atoms with van der Waals surface area (Å²) in [5.74, 6) is -0.864. The number of primary amides is 1. The summed E-state index contributed by atoms with van der Waals surface area (Å²) >= 11 is 0. The van der Waals surface area contributed by atoms with Crippen molar-refractivity contribution in [2.75, 3.05) is 0 Å². The summed E-state index contributed by atoms with van der Waals surface area (Å²) in [6, 6.07) is 24.3. The van der Waals surface area contributed by atoms with Crippen LogP contribution < -0.4 is 11.1 Å². The number of benzene rings is 3. The van der Waals surface area contributed by atoms with Gasteiger partial charge in [0.1, 0.15) is 6.04 Å². The fourth-order valence-electron chi connectivity index (χ4n) is 2.98. The summed E-state index contributed by atoms with van der Waals surface area (Å²) in [6.07, 6.45) is 0.366. The molecule has 3 aromatic rings. The lowest BCUT2D eigenvalue weighted by atomic mass is 10.0. The van der Waals surface area contributed by atoms with Gasteiger partial charge in [-0.3, -0.25) is 9.59 Å². The molecular weight excluding hydrogens is 336 g/mol. The lowest BCUT2D eigenvalue weighted by Crippen LogP contribution is -2.45. The third kappa shape index (κ3) is 4.82. The maximum absolute atomic E-state index is 12.5. The second kappa shape index (κ2) is 8.32. The summed E-state index contributed by atoms with van der Waals surface area (Å²) in [4.78, 5) is 24.3. The van der Waals surface area contributed by atoms with Crippen molar-refractivity contribution in [1.29, 1.82) is 0 Å². The van der Waals surface area contributed by atoms with E-state index in [4.69, 9.17) is 5.73 Å². The van der Waals surface area contributed by atoms with E-state index in [-0.39, 0.29) is 5.91 Å². The van der Waals surface area contributed by atoms with Crippen LogP contribution in [0.3, 0.4) is 0 Å². The van der Waals surface area contributed by atoms with E-state index in [1.54, 1.807) is 12.1 Å². The number of aryl methyl sites for hydroxylation is 1. The fraction of sp³-hybridized carbons (Fsp3) is 0.130. The van der Waals surface area contributed by atoms with Crippen molar-refractivity contribution in [2.45, 2.75) is 19.4 Å². The number of rotatable bonds is 6. The van der Waals surface area contributed by atoms with Gasteiger partial charge in [-0.1, -0.05) is 72.3 Å². The molecule has 0 fully saturated rings. The van der Waals surface area contributed by atoms with Crippen LogP contribution in [0.2, 0.25) is 0 Å². The smallest absolute Gasteiger partial charge is 0.251 e. The van der Waals surface area contributed by atoms with E-state index in [9.17, 15) is 9.59 Å². The van der Waals surface area contributed by atoms with Crippen LogP contribution in [-0.4, -0.2) is 17.9 Å². The van der Waals surface area contributed by atoms with Crippen molar-refractivity contribution < 1.29 is 9.59 Å². The van der Waals surface area contributed by atoms with Crippen molar-refractivity contribution in [1.82, 2.24) is 5.32 Å². The SMILES string of the molecule is Cc1cccc(C[C@@H](NC(=O)c2ccc(-c3ccccc3)cc2)C(N)=O)c1. The predicted octanol–water partition coefficient (Wildman–Crippen LogP) is 3.49. The van der Waals surface area contributed by atoms with Gasteiger partial charge in [0, 0.05) is 12.0 Å². The Morgan fingerprint density at radius 2 is 1.56 bits per heavy atom. The fourth-order valence-corrected chi connectivity index (χ4v) is 2.98. The number of hydrogen-bond acceptors (Lipinski definition) is 2. The van der Waals surface area contributed by atoms with Crippen molar-refractivity contribution in [3.8, 4) is 11.1 Å². The zero-order chi connectivity index (χ0) is 19.2. The minimum absolute atomic E-state index is 0.314. The average Bonchev–Trinajstić information content (AvgIpc) is 2.68. The molecule has 0 aromatic heterocycles. The molecule has 0 aliphatic heterocycles. The Kier molecular flexibility index (Phi) is 5.67. The summed E-state index contributed by atoms with van der Waals surface area (Å²) in [5.41, 5.74) is 10.1. The Labute approximate surface area is 159 Å². The monoisotopic (exact) mass is 358 g/mol. The zero-order valence-corrected chi connectivity index (χ0v) is 15.2. The van der Waals surface area contributed by atoms with E-state index in [1.807, 2.05) is 73.7 Å². The maximum atomic E-state index is 12.5. The number of amides is 2. The molecule has 0 saturated carbocycles. The molecule has 4 nitrogen and oxygen atoms in total. The Balaban J connectivity index is 1.71. The Hall–Kier alpha value is -3.40. The molecule has 3 aromatic carbocycles. The lowest BCUT2D eigenvalue weighted by molar-refractivity contribution is -0.119. The molecular formula is C23H22N2O2. The van der Waals surface area contributed by atoms with E-state index >= 15 is 0 Å². The Morgan fingerprint density at radius 1 is 0.889 bits per heavy atom. The molecule has 0 spiro atoms. The van der Waals surface area contributed by atoms with Crippen LogP contribution in [0.1, 0.15) is 21.5 Å². The number of nitrogens with one attached hydrogen (secondary N) is 1. The molecule has 0 unspecified atom stereocenters. The normalized spacial score (nSPS) is 11.6. The summed E-state index contributed by atoms with van der Waals surface area (Å²) in [5, 5.41) is 2.75. The highest BCUT2D eigenvalue weighted by Gasteiger charge is 2.19. The first kappa shape index (κ1) is 18.4. The van der Waals surface area contributed by atoms with E-state index in [0.29, 0.717) is 12.0 Å². The number of carbonyl (C=O) groups is 2. The topological polar surface area (TPSA) is 72.2 Å². The standard InChI is InChI=1S/C23H22N2O2/c1-16-6-5-7-17(14-16)15-21(22(24)26)25-23(27)20-12-10-19(11-13-20)18-8-3-2-4-9-18/h2-14,21H,15H2,1H3,(H2,24,26)(H,25,27)/t21-/m1/s1. The van der Waals surface area contributed by atoms with E-state index in [1.165, 1.54) is 0 Å². The first-order valence-electron chi connectivity index (χ1n) is 8.84. The van der Waals surface area contributed by atoms with Crippen LogP contribution in [0.5, 0.6) is 0 Å². The average molecular weight is 358 g/mol. The van der Waals surface area contributed by atoms with E-state index in [2.05, 4.69) is 5.32 Å². The minimum Gasteiger partial charge on any atom is -0.368 e. The summed E-state index contributed by atoms with van der Waals surface area (Å²) in [7, 11) is 0. The van der Waals surface area contributed by atoms with Crippen LogP contribution in [0.15, 0.2) is 78.9 Å². The highest BCUT2D eigenvalue weighted by atomic mass is 16.2. The van der Waals surface area contributed by atoms with Crippen molar-refractivity contribution >= 4 is 11.8 Å². The highest BCUT2D eigenvalue weighted by molar-refractivity contribution is 5.97. The van der Waals surface area contributed by atoms with Gasteiger partial charge in [0.05, 0.1) is 0 Å². The molecule has 0 radical (unpaired) electrons. The molecule has 27 heavy (non-hydrogen) atoms. The minimum atomic E-state index is -0.756. The van der Waals surface area contributed by atoms with Crippen LogP contribution in [-0.2, 0) is 11.2 Å². The number of carbonyl (C=O) groups excluding carboxylic acids is 2. The number of nitrogens with two attached hydrogens (primary N) is 1. The second-order valence-electron chi connectivity index (χ2n) is 6.56. The van der Waals surface area contributed by atoms with Crippen molar-refractivity contribution in [2.24, 2.45) is 5.73 Å². The van der Waals surface area contributed by atoms with Crippen molar-refractivity contribution in [3.63, 3.8) is 0 Å². The van der Waals surface area contributed by atoms with Gasteiger partial charge < -0.3 is 11.1 Å². The Morgan fingerprint density at radius 3 is 2.19 bits per heavy atom. The van der Waals surface area contributed by atoms with E-state index < -0.39 is 11.9 Å². The van der Waals surface area contributed by atoms with Crippen LogP contribution in [0.4, 0.5) is 0 Å². The summed E-state index contributed by atoms with van der Waals surface area (Å²) < 4.78 is 0. The maximum Gasteiger partial charge on any atom is 0.251 e. The highest BCUT2D eigenvalue weighted by Crippen LogP contribution is 2.19. The molecule has 136 valence electrons. The largest absolute Gasteiger partial charge is 0.368 e. The molecule has 3 rings (SSSR count). The third-order valence-electron chi connectivity index (χ3n) is 4.43. The second-order valence-corrected chi connectivity index (χ2v) is 6.56. The van der Waals surface area contributed by atoms with Gasteiger partial charge in [0.2, 0.25) is 5.91 Å². The molecule has 0 bridgehead atoms. The Bertz CT molecular complexity index is 934. The van der Waals surface area contributed by atoms with Gasteiger partial charge in [-0.15, -0.1) is 0 Å². The number of hydrogen-bond donors (Lipinski definition) is 2. The van der Waals surface area contributed by atoms with Crippen molar-refractivity contribution in [3.05, 3.63) is 95.6 Å². The van der Waals surface area contributed by atoms with Crippen LogP contribution >= 0.6 is 0 Å². The van der Waals surface area contributed by atoms with Gasteiger partial charge in [-0.05, 0) is 35.7 Å². The molecule has 2 amide bonds. The van der Waals surface area contributed by atoms with Gasteiger partial charge in [0.15, 0.2) is 0 Å². The van der Waals surface area contributed by atoms with Gasteiger partial charge in [-0.2, -0.15) is 0 Å². The molecule has 4 heteroatoms. The summed E-state index contributed by atoms with van der Waals surface area (Å²) in [6.45, 7) is 1.98. The van der Waals surface area contributed by atoms with Gasteiger partial charge in [-0.25, -0.2) is 0 Å². The lowest BCUT2D eigenvalue weighted by Gasteiger charge is -2.16. The molecule has 0 aliphatic rings. The molecule has 1 atom stereocenters. The molecule has 0 saturated heterocycles. The first-order chi connectivity index (χ1) is 13.0. The van der Waals surface area contributed by atoms with Crippen LogP contribution in [0.25, 0.3) is 11.1 Å². The first-order valence-corrected chi connectivity index (χ1v) is 8.84. The third-order valence-corrected chi connectivity index (χ3v) is 4.43. The van der Waals surface area contributed by atoms with E-state index in [0.717, 1.165) is 22.3 Å².